The molecule has 3 heteroatoms. The monoisotopic (exact) mass is 384 g/mol. The van der Waals surface area contributed by atoms with Gasteiger partial charge in [-0.05, 0) is 60.5 Å². The number of rotatable bonds is 6. The molecule has 3 rings (SSSR count). The Bertz CT molecular complexity index is 816. The van der Waals surface area contributed by atoms with Crippen LogP contribution in [0.1, 0.15) is 43.7 Å². The summed E-state index contributed by atoms with van der Waals surface area (Å²) in [6.45, 7) is 5.26. The van der Waals surface area contributed by atoms with Crippen molar-refractivity contribution in [3.8, 4) is 11.3 Å². The van der Waals surface area contributed by atoms with E-state index in [0.29, 0.717) is 5.92 Å². The van der Waals surface area contributed by atoms with E-state index in [0.717, 1.165) is 30.3 Å². The number of para-hydroxylation sites is 1. The number of H-pyrrole nitrogens is 1. The summed E-state index contributed by atoms with van der Waals surface area (Å²) in [5, 5.41) is 1.36. The molecule has 0 aliphatic rings. The molecule has 0 aliphatic heterocycles. The SMILES string of the molecule is CC(C)c1cccc2c(CCCCN)c(-c3ccc(Br)cc3)[nH]c12. The molecule has 0 atom stereocenters. The van der Waals surface area contributed by atoms with Gasteiger partial charge in [-0.3, -0.25) is 0 Å². The van der Waals surface area contributed by atoms with Gasteiger partial charge in [-0.25, -0.2) is 0 Å². The highest BCUT2D eigenvalue weighted by molar-refractivity contribution is 9.10. The number of fused-ring (bicyclic) bond motifs is 1. The van der Waals surface area contributed by atoms with Crippen molar-refractivity contribution < 1.29 is 0 Å². The summed E-state index contributed by atoms with van der Waals surface area (Å²) in [6.07, 6.45) is 3.25. The second-order valence-electron chi connectivity index (χ2n) is 6.66. The Labute approximate surface area is 152 Å². The lowest BCUT2D eigenvalue weighted by Gasteiger charge is -2.07. The third-order valence-corrected chi connectivity index (χ3v) is 5.14. The number of aromatic nitrogens is 1. The third-order valence-electron chi connectivity index (χ3n) is 4.61. The maximum Gasteiger partial charge on any atom is 0.0497 e. The van der Waals surface area contributed by atoms with E-state index in [-0.39, 0.29) is 0 Å². The normalized spacial score (nSPS) is 11.5. The lowest BCUT2D eigenvalue weighted by Crippen LogP contribution is -1.99. The molecule has 24 heavy (non-hydrogen) atoms. The predicted octanol–water partition coefficient (Wildman–Crippen LogP) is 6.00. The Kier molecular flexibility index (Phi) is 5.42. The van der Waals surface area contributed by atoms with Gasteiger partial charge in [0.05, 0.1) is 0 Å². The Balaban J connectivity index is 2.16. The van der Waals surface area contributed by atoms with Gasteiger partial charge in [0.1, 0.15) is 0 Å². The fourth-order valence-corrected chi connectivity index (χ4v) is 3.61. The minimum absolute atomic E-state index is 0.502. The van der Waals surface area contributed by atoms with Crippen LogP contribution in [0.2, 0.25) is 0 Å². The number of aromatic amines is 1. The van der Waals surface area contributed by atoms with Gasteiger partial charge in [0.15, 0.2) is 0 Å². The molecule has 3 N–H and O–H groups in total. The highest BCUT2D eigenvalue weighted by atomic mass is 79.9. The molecule has 1 heterocycles. The molecule has 2 aromatic carbocycles. The van der Waals surface area contributed by atoms with Gasteiger partial charge in [-0.2, -0.15) is 0 Å². The number of benzene rings is 2. The van der Waals surface area contributed by atoms with Crippen LogP contribution in [0.4, 0.5) is 0 Å². The van der Waals surface area contributed by atoms with Crippen LogP contribution < -0.4 is 5.73 Å². The van der Waals surface area contributed by atoms with E-state index in [1.807, 2.05) is 0 Å². The first-order valence-corrected chi connectivity index (χ1v) is 9.50. The topological polar surface area (TPSA) is 41.8 Å². The summed E-state index contributed by atoms with van der Waals surface area (Å²) in [5.41, 5.74) is 12.3. The fraction of sp³-hybridized carbons (Fsp3) is 0.333. The number of nitrogens with two attached hydrogens (primary N) is 1. The van der Waals surface area contributed by atoms with E-state index in [4.69, 9.17) is 5.73 Å². The van der Waals surface area contributed by atoms with Crippen LogP contribution in [0.15, 0.2) is 46.9 Å². The largest absolute Gasteiger partial charge is 0.354 e. The summed E-state index contributed by atoms with van der Waals surface area (Å²) in [7, 11) is 0. The van der Waals surface area contributed by atoms with Gasteiger partial charge >= 0.3 is 0 Å². The average Bonchev–Trinajstić information content (AvgIpc) is 2.94. The summed E-state index contributed by atoms with van der Waals surface area (Å²) in [5.74, 6) is 0.502. The van der Waals surface area contributed by atoms with Crippen LogP contribution in [-0.2, 0) is 6.42 Å². The van der Waals surface area contributed by atoms with E-state index in [1.54, 1.807) is 0 Å². The molecule has 0 saturated carbocycles. The van der Waals surface area contributed by atoms with Crippen molar-refractivity contribution in [2.45, 2.75) is 39.0 Å². The number of hydrogen-bond donors (Lipinski definition) is 2. The zero-order valence-corrected chi connectivity index (χ0v) is 16.0. The van der Waals surface area contributed by atoms with Gasteiger partial charge in [-0.1, -0.05) is 60.1 Å². The molecule has 3 aromatic rings. The molecule has 0 unspecified atom stereocenters. The predicted molar refractivity (Wildman–Crippen MR) is 108 cm³/mol. The lowest BCUT2D eigenvalue weighted by atomic mass is 9.97. The standard InChI is InChI=1S/C21H25BrN2/c1-14(2)17-7-5-8-19-18(6-3-4-13-23)20(24-21(17)19)15-9-11-16(22)12-10-15/h5,7-12,14,24H,3-4,6,13,23H2,1-2H3. The molecule has 1 aromatic heterocycles. The zero-order valence-electron chi connectivity index (χ0n) is 14.4. The van der Waals surface area contributed by atoms with Crippen molar-refractivity contribution in [2.24, 2.45) is 5.73 Å². The summed E-state index contributed by atoms with van der Waals surface area (Å²) in [6, 6.07) is 15.2. The van der Waals surface area contributed by atoms with Crippen molar-refractivity contribution in [3.05, 3.63) is 58.1 Å². The zero-order chi connectivity index (χ0) is 17.1. The van der Waals surface area contributed by atoms with Crippen molar-refractivity contribution in [2.75, 3.05) is 6.54 Å². The molecule has 0 saturated heterocycles. The van der Waals surface area contributed by atoms with Gasteiger partial charge in [0.25, 0.3) is 0 Å². The first-order chi connectivity index (χ1) is 11.6. The fourth-order valence-electron chi connectivity index (χ4n) is 3.35. The summed E-state index contributed by atoms with van der Waals surface area (Å²) in [4.78, 5) is 3.73. The van der Waals surface area contributed by atoms with Crippen LogP contribution in [0.3, 0.4) is 0 Å². The average molecular weight is 385 g/mol. The van der Waals surface area contributed by atoms with Crippen LogP contribution in [0.5, 0.6) is 0 Å². The van der Waals surface area contributed by atoms with Crippen molar-refractivity contribution >= 4 is 26.8 Å². The molecule has 0 bridgehead atoms. The van der Waals surface area contributed by atoms with Gasteiger partial charge in [0.2, 0.25) is 0 Å². The molecule has 126 valence electrons. The number of unbranched alkanes of at least 4 members (excludes halogenated alkanes) is 1. The van der Waals surface area contributed by atoms with Crippen molar-refractivity contribution in [1.82, 2.24) is 4.98 Å². The van der Waals surface area contributed by atoms with Crippen LogP contribution in [-0.4, -0.2) is 11.5 Å². The Hall–Kier alpha value is -1.58. The van der Waals surface area contributed by atoms with Crippen LogP contribution >= 0.6 is 15.9 Å². The number of aryl methyl sites for hydroxylation is 1. The minimum Gasteiger partial charge on any atom is -0.354 e. The Morgan fingerprint density at radius 3 is 2.46 bits per heavy atom. The number of nitrogens with one attached hydrogen (secondary N) is 1. The van der Waals surface area contributed by atoms with Gasteiger partial charge in [-0.15, -0.1) is 0 Å². The van der Waals surface area contributed by atoms with Crippen molar-refractivity contribution in [1.29, 1.82) is 0 Å². The van der Waals surface area contributed by atoms with Crippen LogP contribution in [0.25, 0.3) is 22.2 Å². The molecule has 0 spiro atoms. The number of hydrogen-bond acceptors (Lipinski definition) is 1. The summed E-state index contributed by atoms with van der Waals surface area (Å²) < 4.78 is 1.11. The molecule has 0 radical (unpaired) electrons. The number of halogens is 1. The minimum atomic E-state index is 0.502. The van der Waals surface area contributed by atoms with Crippen LogP contribution in [0, 0.1) is 0 Å². The Morgan fingerprint density at radius 2 is 1.79 bits per heavy atom. The maximum atomic E-state index is 5.70. The maximum absolute atomic E-state index is 5.70. The Morgan fingerprint density at radius 1 is 1.04 bits per heavy atom. The van der Waals surface area contributed by atoms with Crippen molar-refractivity contribution in [3.63, 3.8) is 0 Å². The molecular weight excluding hydrogens is 360 g/mol. The molecule has 0 amide bonds. The molecule has 0 aliphatic carbocycles. The van der Waals surface area contributed by atoms with Gasteiger partial charge < -0.3 is 10.7 Å². The second kappa shape index (κ2) is 7.54. The quantitative estimate of drug-likeness (QED) is 0.502. The van der Waals surface area contributed by atoms with E-state index < -0.39 is 0 Å². The summed E-state index contributed by atoms with van der Waals surface area (Å²) >= 11 is 3.53. The lowest BCUT2D eigenvalue weighted by molar-refractivity contribution is 0.748. The highest BCUT2D eigenvalue weighted by Gasteiger charge is 2.16. The van der Waals surface area contributed by atoms with E-state index >= 15 is 0 Å². The molecule has 2 nitrogen and oxygen atoms in total. The van der Waals surface area contributed by atoms with Gasteiger partial charge in [0, 0.05) is 21.1 Å². The highest BCUT2D eigenvalue weighted by Crippen LogP contribution is 2.35. The smallest absolute Gasteiger partial charge is 0.0497 e. The third kappa shape index (κ3) is 3.42. The molecule has 0 fully saturated rings. The van der Waals surface area contributed by atoms with E-state index in [1.165, 1.54) is 33.3 Å². The first-order valence-electron chi connectivity index (χ1n) is 8.71. The van der Waals surface area contributed by atoms with E-state index in [9.17, 15) is 0 Å². The van der Waals surface area contributed by atoms with E-state index in [2.05, 4.69) is 77.2 Å². The molecular formula is C21H25BrN2. The first kappa shape index (κ1) is 17.2. The second-order valence-corrected chi connectivity index (χ2v) is 7.57.